The van der Waals surface area contributed by atoms with Gasteiger partial charge in [-0.3, -0.25) is 4.79 Å². The van der Waals surface area contributed by atoms with E-state index in [9.17, 15) is 4.79 Å². The van der Waals surface area contributed by atoms with Gasteiger partial charge in [0.25, 0.3) is 5.91 Å². The number of hydrogen-bond donors (Lipinski definition) is 1. The first-order valence-corrected chi connectivity index (χ1v) is 7.32. The number of carbonyl (C=O) groups excluding carboxylic acids is 1. The maximum Gasteiger partial charge on any atom is 0.261 e. The van der Waals surface area contributed by atoms with Crippen LogP contribution in [0.25, 0.3) is 9.40 Å². The minimum Gasteiger partial charge on any atom is -0.347 e. The van der Waals surface area contributed by atoms with Crippen molar-refractivity contribution in [1.82, 2.24) is 5.32 Å². The highest BCUT2D eigenvalue weighted by Gasteiger charge is 2.10. The van der Waals surface area contributed by atoms with Gasteiger partial charge in [0.05, 0.1) is 4.88 Å². The molecule has 2 aromatic heterocycles. The summed E-state index contributed by atoms with van der Waals surface area (Å²) in [5.41, 5.74) is 1.12. The van der Waals surface area contributed by atoms with Crippen LogP contribution in [0.2, 0.25) is 0 Å². The second-order valence-electron chi connectivity index (χ2n) is 3.93. The van der Waals surface area contributed by atoms with Gasteiger partial charge in [0.2, 0.25) is 0 Å². The Kier molecular flexibility index (Phi) is 3.13. The fourth-order valence-corrected chi connectivity index (χ4v) is 3.77. The van der Waals surface area contributed by atoms with Crippen LogP contribution in [-0.2, 0) is 6.54 Å². The number of thiophene rings is 2. The number of carbonyl (C=O) groups is 1. The molecular formula is C14H11NOS2. The second-order valence-corrected chi connectivity index (χ2v) is 5.96. The monoisotopic (exact) mass is 273 g/mol. The van der Waals surface area contributed by atoms with Gasteiger partial charge in [-0.05, 0) is 23.1 Å². The maximum atomic E-state index is 12.0. The second kappa shape index (κ2) is 4.92. The van der Waals surface area contributed by atoms with Gasteiger partial charge < -0.3 is 5.32 Å². The molecule has 0 aliphatic rings. The fourth-order valence-electron chi connectivity index (χ4n) is 1.74. The van der Waals surface area contributed by atoms with Crippen LogP contribution in [0.5, 0.6) is 0 Å². The molecule has 0 bridgehead atoms. The van der Waals surface area contributed by atoms with Gasteiger partial charge in [-0.1, -0.05) is 30.3 Å². The molecule has 0 unspecified atom stereocenters. The lowest BCUT2D eigenvalue weighted by atomic mass is 10.2. The minimum absolute atomic E-state index is 0.00672. The van der Waals surface area contributed by atoms with Crippen LogP contribution in [0.3, 0.4) is 0 Å². The molecule has 0 saturated carbocycles. The Morgan fingerprint density at radius 3 is 2.72 bits per heavy atom. The lowest BCUT2D eigenvalue weighted by Crippen LogP contribution is -2.21. The summed E-state index contributed by atoms with van der Waals surface area (Å²) in [6.07, 6.45) is 0. The van der Waals surface area contributed by atoms with Crippen molar-refractivity contribution in [2.45, 2.75) is 6.54 Å². The molecule has 1 amide bonds. The van der Waals surface area contributed by atoms with E-state index < -0.39 is 0 Å². The van der Waals surface area contributed by atoms with E-state index in [1.165, 1.54) is 9.40 Å². The summed E-state index contributed by atoms with van der Waals surface area (Å²) < 4.78 is 2.37. The van der Waals surface area contributed by atoms with Gasteiger partial charge in [-0.25, -0.2) is 0 Å². The lowest BCUT2D eigenvalue weighted by molar-refractivity contribution is 0.0955. The third-order valence-electron chi connectivity index (χ3n) is 2.66. The van der Waals surface area contributed by atoms with E-state index >= 15 is 0 Å². The number of rotatable bonds is 3. The van der Waals surface area contributed by atoms with Gasteiger partial charge in [0.15, 0.2) is 0 Å². The van der Waals surface area contributed by atoms with Crippen molar-refractivity contribution >= 4 is 38.0 Å². The van der Waals surface area contributed by atoms with Crippen LogP contribution in [0.1, 0.15) is 15.2 Å². The largest absolute Gasteiger partial charge is 0.347 e. The number of benzene rings is 1. The molecule has 90 valence electrons. The summed E-state index contributed by atoms with van der Waals surface area (Å²) in [4.78, 5) is 12.8. The van der Waals surface area contributed by atoms with Crippen LogP contribution >= 0.6 is 22.7 Å². The molecule has 2 nitrogen and oxygen atoms in total. The highest BCUT2D eigenvalue weighted by atomic mass is 32.1. The van der Waals surface area contributed by atoms with E-state index in [1.54, 1.807) is 22.7 Å². The summed E-state index contributed by atoms with van der Waals surface area (Å²) in [7, 11) is 0. The normalized spacial score (nSPS) is 10.7. The first kappa shape index (κ1) is 11.4. The molecule has 0 radical (unpaired) electrons. The molecule has 2 heterocycles. The molecule has 0 saturated heterocycles. The zero-order chi connectivity index (χ0) is 12.4. The van der Waals surface area contributed by atoms with Crippen molar-refractivity contribution in [3.05, 3.63) is 58.3 Å². The zero-order valence-electron chi connectivity index (χ0n) is 9.55. The Hall–Kier alpha value is -1.65. The SMILES string of the molecule is O=C(NCc1ccccc1)c1cc2sccc2s1. The summed E-state index contributed by atoms with van der Waals surface area (Å²) in [5.74, 6) is 0.00672. The summed E-state index contributed by atoms with van der Waals surface area (Å²) in [6, 6.07) is 14.0. The smallest absolute Gasteiger partial charge is 0.261 e. The molecule has 3 rings (SSSR count). The number of hydrogen-bond acceptors (Lipinski definition) is 3. The molecule has 0 aliphatic carbocycles. The minimum atomic E-state index is 0.00672. The van der Waals surface area contributed by atoms with E-state index in [0.29, 0.717) is 6.54 Å². The van der Waals surface area contributed by atoms with Crippen molar-refractivity contribution in [3.63, 3.8) is 0 Å². The summed E-state index contributed by atoms with van der Waals surface area (Å²) in [6.45, 7) is 0.575. The molecule has 0 atom stereocenters. The van der Waals surface area contributed by atoms with Crippen molar-refractivity contribution < 1.29 is 4.79 Å². The van der Waals surface area contributed by atoms with Crippen molar-refractivity contribution in [2.24, 2.45) is 0 Å². The quantitative estimate of drug-likeness (QED) is 0.770. The van der Waals surface area contributed by atoms with E-state index in [1.807, 2.05) is 41.8 Å². The molecule has 4 heteroatoms. The summed E-state index contributed by atoms with van der Waals surface area (Å²) >= 11 is 3.22. The predicted molar refractivity (Wildman–Crippen MR) is 77.3 cm³/mol. The Morgan fingerprint density at radius 1 is 1.11 bits per heavy atom. The number of nitrogens with one attached hydrogen (secondary N) is 1. The first-order valence-electron chi connectivity index (χ1n) is 5.62. The van der Waals surface area contributed by atoms with Gasteiger partial charge in [0.1, 0.15) is 0 Å². The third kappa shape index (κ3) is 2.30. The van der Waals surface area contributed by atoms with E-state index in [-0.39, 0.29) is 5.91 Å². The van der Waals surface area contributed by atoms with Crippen LogP contribution in [-0.4, -0.2) is 5.91 Å². The average Bonchev–Trinajstić information content (AvgIpc) is 2.98. The standard InChI is InChI=1S/C14H11NOS2/c16-14(15-9-10-4-2-1-3-5-10)13-8-12-11(18-13)6-7-17-12/h1-8H,9H2,(H,15,16). The molecule has 0 fully saturated rings. The van der Waals surface area contributed by atoms with Crippen LogP contribution < -0.4 is 5.32 Å². The molecule has 1 aromatic carbocycles. The lowest BCUT2D eigenvalue weighted by Gasteiger charge is -2.02. The molecule has 18 heavy (non-hydrogen) atoms. The van der Waals surface area contributed by atoms with Gasteiger partial charge in [0, 0.05) is 15.9 Å². The van der Waals surface area contributed by atoms with E-state index in [2.05, 4.69) is 11.4 Å². The highest BCUT2D eigenvalue weighted by Crippen LogP contribution is 2.29. The van der Waals surface area contributed by atoms with Crippen molar-refractivity contribution in [2.75, 3.05) is 0 Å². The number of fused-ring (bicyclic) bond motifs is 1. The predicted octanol–water partition coefficient (Wildman–Crippen LogP) is 3.89. The molecule has 0 aliphatic heterocycles. The summed E-state index contributed by atoms with van der Waals surface area (Å²) in [5, 5.41) is 4.99. The molecule has 3 aromatic rings. The first-order chi connectivity index (χ1) is 8.83. The fraction of sp³-hybridized carbons (Fsp3) is 0.0714. The maximum absolute atomic E-state index is 12.0. The van der Waals surface area contributed by atoms with E-state index in [0.717, 1.165) is 10.4 Å². The van der Waals surface area contributed by atoms with Gasteiger partial charge >= 0.3 is 0 Å². The van der Waals surface area contributed by atoms with Gasteiger partial charge in [-0.2, -0.15) is 0 Å². The Bertz CT molecular complexity index is 641. The van der Waals surface area contributed by atoms with Crippen LogP contribution in [0.15, 0.2) is 47.8 Å². The molecule has 0 spiro atoms. The van der Waals surface area contributed by atoms with Crippen LogP contribution in [0.4, 0.5) is 0 Å². The van der Waals surface area contributed by atoms with Crippen molar-refractivity contribution in [1.29, 1.82) is 0 Å². The molecular weight excluding hydrogens is 262 g/mol. The Balaban J connectivity index is 1.70. The van der Waals surface area contributed by atoms with E-state index in [4.69, 9.17) is 0 Å². The van der Waals surface area contributed by atoms with Gasteiger partial charge in [-0.15, -0.1) is 22.7 Å². The topological polar surface area (TPSA) is 29.1 Å². The molecule has 1 N–H and O–H groups in total. The Morgan fingerprint density at radius 2 is 1.94 bits per heavy atom. The number of amides is 1. The highest BCUT2D eigenvalue weighted by molar-refractivity contribution is 7.27. The Labute approximate surface area is 113 Å². The zero-order valence-corrected chi connectivity index (χ0v) is 11.2. The van der Waals surface area contributed by atoms with Crippen molar-refractivity contribution in [3.8, 4) is 0 Å². The average molecular weight is 273 g/mol. The third-order valence-corrected chi connectivity index (χ3v) is 4.75. The van der Waals surface area contributed by atoms with Crippen LogP contribution in [0, 0.1) is 0 Å².